The molecule has 0 bridgehead atoms. The second-order valence-corrected chi connectivity index (χ2v) is 7.41. The fourth-order valence-corrected chi connectivity index (χ4v) is 2.64. The molecular weight excluding hydrogens is 318 g/mol. The van der Waals surface area contributed by atoms with Crippen molar-refractivity contribution in [3.05, 3.63) is 23.9 Å². The minimum atomic E-state index is -0.487. The molecule has 0 unspecified atom stereocenters. The largest absolute Gasteiger partial charge is 0.497 e. The predicted molar refractivity (Wildman–Crippen MR) is 97.2 cm³/mol. The van der Waals surface area contributed by atoms with E-state index in [-0.39, 0.29) is 5.91 Å². The van der Waals surface area contributed by atoms with Gasteiger partial charge in [-0.2, -0.15) is 5.10 Å². The maximum atomic E-state index is 12.6. The van der Waals surface area contributed by atoms with Gasteiger partial charge in [0.25, 0.3) is 0 Å². The number of nitrogens with zero attached hydrogens (tertiary/aromatic N) is 1. The van der Waals surface area contributed by atoms with Crippen LogP contribution in [0, 0.1) is 5.41 Å². The SMILES string of the molecule is COc1ccc(-c2n[nH]c(C3CC3)c2NC(=O)C(C)(C)C)c(OC)c1. The highest BCUT2D eigenvalue weighted by molar-refractivity contribution is 5.99. The molecule has 1 saturated carbocycles. The van der Waals surface area contributed by atoms with Crippen LogP contribution in [0.25, 0.3) is 11.3 Å². The topological polar surface area (TPSA) is 76.2 Å². The standard InChI is InChI=1S/C19H25N3O3/c1-19(2,3)18(23)20-17-15(11-6-7-11)21-22-16(17)13-9-8-12(24-4)10-14(13)25-5/h8-11H,6-7H2,1-5H3,(H,20,23)(H,21,22). The van der Waals surface area contributed by atoms with E-state index in [1.54, 1.807) is 14.2 Å². The monoisotopic (exact) mass is 343 g/mol. The maximum Gasteiger partial charge on any atom is 0.229 e. The zero-order valence-corrected chi connectivity index (χ0v) is 15.4. The molecule has 6 heteroatoms. The molecule has 1 aromatic heterocycles. The average molecular weight is 343 g/mol. The van der Waals surface area contributed by atoms with Gasteiger partial charge >= 0.3 is 0 Å². The number of aromatic nitrogens is 2. The van der Waals surface area contributed by atoms with Crippen LogP contribution in [0.5, 0.6) is 11.5 Å². The molecule has 134 valence electrons. The van der Waals surface area contributed by atoms with Gasteiger partial charge in [0.15, 0.2) is 0 Å². The lowest BCUT2D eigenvalue weighted by Gasteiger charge is -2.19. The third-order valence-corrected chi connectivity index (χ3v) is 4.36. The molecule has 0 saturated heterocycles. The summed E-state index contributed by atoms with van der Waals surface area (Å²) in [7, 11) is 3.23. The lowest BCUT2D eigenvalue weighted by molar-refractivity contribution is -0.123. The van der Waals surface area contributed by atoms with E-state index in [0.29, 0.717) is 23.1 Å². The first-order valence-electron chi connectivity index (χ1n) is 8.47. The molecule has 2 aromatic rings. The van der Waals surface area contributed by atoms with Crippen molar-refractivity contribution >= 4 is 11.6 Å². The molecule has 1 aliphatic rings. The van der Waals surface area contributed by atoms with Crippen LogP contribution in [-0.2, 0) is 4.79 Å². The van der Waals surface area contributed by atoms with E-state index in [2.05, 4.69) is 15.5 Å². The smallest absolute Gasteiger partial charge is 0.229 e. The average Bonchev–Trinajstić information content (AvgIpc) is 3.34. The lowest BCUT2D eigenvalue weighted by Crippen LogP contribution is -2.28. The van der Waals surface area contributed by atoms with E-state index < -0.39 is 5.41 Å². The Morgan fingerprint density at radius 2 is 1.96 bits per heavy atom. The van der Waals surface area contributed by atoms with Gasteiger partial charge in [-0.3, -0.25) is 9.89 Å². The summed E-state index contributed by atoms with van der Waals surface area (Å²) in [5.41, 5.74) is 2.77. The third kappa shape index (κ3) is 3.48. The fourth-order valence-electron chi connectivity index (χ4n) is 2.64. The van der Waals surface area contributed by atoms with Crippen LogP contribution in [0.2, 0.25) is 0 Å². The summed E-state index contributed by atoms with van der Waals surface area (Å²) in [4.78, 5) is 12.6. The highest BCUT2D eigenvalue weighted by Crippen LogP contribution is 2.46. The van der Waals surface area contributed by atoms with Crippen LogP contribution in [0.4, 0.5) is 5.69 Å². The summed E-state index contributed by atoms with van der Waals surface area (Å²) in [6.07, 6.45) is 2.22. The van der Waals surface area contributed by atoms with E-state index in [0.717, 1.165) is 29.8 Å². The maximum absolute atomic E-state index is 12.6. The van der Waals surface area contributed by atoms with Crippen molar-refractivity contribution in [2.75, 3.05) is 19.5 Å². The molecular formula is C19H25N3O3. The quantitative estimate of drug-likeness (QED) is 0.862. The van der Waals surface area contributed by atoms with Crippen molar-refractivity contribution in [2.45, 2.75) is 39.5 Å². The van der Waals surface area contributed by atoms with Crippen LogP contribution in [-0.4, -0.2) is 30.3 Å². The number of hydrogen-bond acceptors (Lipinski definition) is 4. The summed E-state index contributed by atoms with van der Waals surface area (Å²) < 4.78 is 10.8. The summed E-state index contributed by atoms with van der Waals surface area (Å²) in [6, 6.07) is 5.58. The summed E-state index contributed by atoms with van der Waals surface area (Å²) in [5, 5.41) is 10.7. The Labute approximate surface area is 147 Å². The van der Waals surface area contributed by atoms with Gasteiger partial charge in [-0.15, -0.1) is 0 Å². The number of rotatable bonds is 5. The molecule has 3 rings (SSSR count). The van der Waals surface area contributed by atoms with Crippen LogP contribution >= 0.6 is 0 Å². The van der Waals surface area contributed by atoms with E-state index in [4.69, 9.17) is 9.47 Å². The van der Waals surface area contributed by atoms with E-state index in [1.807, 2.05) is 39.0 Å². The van der Waals surface area contributed by atoms with Crippen molar-refractivity contribution in [3.8, 4) is 22.8 Å². The van der Waals surface area contributed by atoms with Crippen LogP contribution in [0.1, 0.15) is 45.2 Å². The molecule has 1 aliphatic carbocycles. The molecule has 0 atom stereocenters. The molecule has 0 radical (unpaired) electrons. The van der Waals surface area contributed by atoms with Crippen molar-refractivity contribution in [2.24, 2.45) is 5.41 Å². The minimum absolute atomic E-state index is 0.0375. The van der Waals surface area contributed by atoms with Gasteiger partial charge in [-0.25, -0.2) is 0 Å². The molecule has 1 amide bonds. The van der Waals surface area contributed by atoms with Gasteiger partial charge < -0.3 is 14.8 Å². The van der Waals surface area contributed by atoms with E-state index >= 15 is 0 Å². The zero-order valence-electron chi connectivity index (χ0n) is 15.4. The van der Waals surface area contributed by atoms with Crippen LogP contribution < -0.4 is 14.8 Å². The molecule has 0 spiro atoms. The van der Waals surface area contributed by atoms with Crippen molar-refractivity contribution in [1.29, 1.82) is 0 Å². The Morgan fingerprint density at radius 1 is 1.24 bits per heavy atom. The Morgan fingerprint density at radius 3 is 2.52 bits per heavy atom. The Balaban J connectivity index is 2.06. The van der Waals surface area contributed by atoms with Crippen molar-refractivity contribution < 1.29 is 14.3 Å². The van der Waals surface area contributed by atoms with Crippen molar-refractivity contribution in [1.82, 2.24) is 10.2 Å². The van der Waals surface area contributed by atoms with E-state index in [9.17, 15) is 4.79 Å². The molecule has 1 heterocycles. The molecule has 1 aromatic carbocycles. The first-order chi connectivity index (χ1) is 11.8. The van der Waals surface area contributed by atoms with Gasteiger partial charge in [0.1, 0.15) is 17.2 Å². The number of amides is 1. The predicted octanol–water partition coefficient (Wildman–Crippen LogP) is 3.96. The summed E-state index contributed by atoms with van der Waals surface area (Å²) in [5.74, 6) is 1.75. The summed E-state index contributed by atoms with van der Waals surface area (Å²) in [6.45, 7) is 5.69. The minimum Gasteiger partial charge on any atom is -0.497 e. The second-order valence-electron chi connectivity index (χ2n) is 7.41. The number of H-pyrrole nitrogens is 1. The Kier molecular flexibility index (Phi) is 4.45. The third-order valence-electron chi connectivity index (χ3n) is 4.36. The Hall–Kier alpha value is -2.50. The number of aromatic amines is 1. The zero-order chi connectivity index (χ0) is 18.2. The number of nitrogens with one attached hydrogen (secondary N) is 2. The molecule has 25 heavy (non-hydrogen) atoms. The normalized spacial score (nSPS) is 14.3. The summed E-state index contributed by atoms with van der Waals surface area (Å²) >= 11 is 0. The molecule has 1 fully saturated rings. The molecule has 0 aliphatic heterocycles. The number of methoxy groups -OCH3 is 2. The van der Waals surface area contributed by atoms with Crippen molar-refractivity contribution in [3.63, 3.8) is 0 Å². The fraction of sp³-hybridized carbons (Fsp3) is 0.474. The molecule has 6 nitrogen and oxygen atoms in total. The van der Waals surface area contributed by atoms with Gasteiger partial charge in [0.05, 0.1) is 25.6 Å². The van der Waals surface area contributed by atoms with Gasteiger partial charge in [-0.1, -0.05) is 20.8 Å². The number of benzene rings is 1. The molecule has 2 N–H and O–H groups in total. The van der Waals surface area contributed by atoms with Gasteiger partial charge in [-0.05, 0) is 25.0 Å². The first kappa shape index (κ1) is 17.3. The number of carbonyl (C=O) groups excluding carboxylic acids is 1. The number of hydrogen-bond donors (Lipinski definition) is 2. The number of ether oxygens (including phenoxy) is 2. The number of anilines is 1. The van der Waals surface area contributed by atoms with Gasteiger partial charge in [0, 0.05) is 23.0 Å². The lowest BCUT2D eigenvalue weighted by atomic mass is 9.95. The van der Waals surface area contributed by atoms with Crippen LogP contribution in [0.3, 0.4) is 0 Å². The number of carbonyl (C=O) groups is 1. The Bertz CT molecular complexity index is 786. The first-order valence-corrected chi connectivity index (χ1v) is 8.47. The second kappa shape index (κ2) is 6.43. The van der Waals surface area contributed by atoms with E-state index in [1.165, 1.54) is 0 Å². The highest BCUT2D eigenvalue weighted by atomic mass is 16.5. The van der Waals surface area contributed by atoms with Gasteiger partial charge in [0.2, 0.25) is 5.91 Å². The van der Waals surface area contributed by atoms with Crippen LogP contribution in [0.15, 0.2) is 18.2 Å². The highest BCUT2D eigenvalue weighted by Gasteiger charge is 2.33.